The molecule has 0 N–H and O–H groups in total. The third kappa shape index (κ3) is 2.42. The molecule has 0 bridgehead atoms. The number of nitrogens with zero attached hydrogens (tertiary/aromatic N) is 7. The molecule has 0 saturated carbocycles. The van der Waals surface area contributed by atoms with Gasteiger partial charge < -0.3 is 9.80 Å². The van der Waals surface area contributed by atoms with Gasteiger partial charge >= 0.3 is 0 Å². The first-order chi connectivity index (χ1) is 12.8. The molecule has 1 amide bonds. The van der Waals surface area contributed by atoms with E-state index in [1.54, 1.807) is 11.0 Å². The lowest BCUT2D eigenvalue weighted by Crippen LogP contribution is -2.55. The molecule has 0 unspecified atom stereocenters. The highest BCUT2D eigenvalue weighted by Gasteiger charge is 2.38. The second kappa shape index (κ2) is 5.91. The van der Waals surface area contributed by atoms with Gasteiger partial charge in [-0.25, -0.2) is 19.6 Å². The minimum absolute atomic E-state index is 0.00550. The van der Waals surface area contributed by atoms with Gasteiger partial charge in [0.2, 0.25) is 5.91 Å². The van der Waals surface area contributed by atoms with Crippen LogP contribution in [0.25, 0.3) is 5.82 Å². The topological polar surface area (TPSA) is 80.0 Å². The molecule has 0 atom stereocenters. The molecule has 8 nitrogen and oxygen atoms in total. The summed E-state index contributed by atoms with van der Waals surface area (Å²) in [6.45, 7) is 2.12. The van der Waals surface area contributed by atoms with Crippen molar-refractivity contribution < 1.29 is 4.79 Å². The zero-order valence-electron chi connectivity index (χ0n) is 14.1. The average molecular weight is 347 g/mol. The molecule has 2 aliphatic rings. The third-order valence-corrected chi connectivity index (χ3v) is 5.00. The Kier molecular flexibility index (Phi) is 3.41. The molecule has 130 valence electrons. The molecular formula is C18H17N7O. The summed E-state index contributed by atoms with van der Waals surface area (Å²) in [5.74, 6) is 1.68. The molecule has 1 saturated heterocycles. The molecule has 5 rings (SSSR count). The number of carbonyl (C=O) groups is 1. The van der Waals surface area contributed by atoms with Gasteiger partial charge in [0.15, 0.2) is 5.82 Å². The van der Waals surface area contributed by atoms with E-state index in [4.69, 9.17) is 0 Å². The van der Waals surface area contributed by atoms with Crippen LogP contribution in [0.2, 0.25) is 0 Å². The van der Waals surface area contributed by atoms with E-state index in [9.17, 15) is 4.79 Å². The summed E-state index contributed by atoms with van der Waals surface area (Å²) in [4.78, 5) is 29.4. The average Bonchev–Trinajstić information content (AvgIpc) is 3.30. The zero-order chi connectivity index (χ0) is 17.5. The first-order valence-electron chi connectivity index (χ1n) is 8.61. The Bertz CT molecular complexity index is 950. The number of hydrogen-bond acceptors (Lipinski definition) is 6. The van der Waals surface area contributed by atoms with Gasteiger partial charge in [-0.15, -0.1) is 0 Å². The first-order valence-corrected chi connectivity index (χ1v) is 8.61. The fourth-order valence-corrected chi connectivity index (χ4v) is 3.57. The molecule has 8 heteroatoms. The highest BCUT2D eigenvalue weighted by atomic mass is 16.2. The van der Waals surface area contributed by atoms with Gasteiger partial charge in [-0.05, 0) is 18.1 Å². The van der Waals surface area contributed by atoms with Crippen LogP contribution in [-0.4, -0.2) is 50.3 Å². The van der Waals surface area contributed by atoms with Crippen molar-refractivity contribution in [3.8, 4) is 5.82 Å². The summed E-state index contributed by atoms with van der Waals surface area (Å²) >= 11 is 0. The number of benzene rings is 1. The van der Waals surface area contributed by atoms with Crippen molar-refractivity contribution in [1.82, 2.24) is 24.7 Å². The van der Waals surface area contributed by atoms with Crippen LogP contribution in [0, 0.1) is 5.92 Å². The van der Waals surface area contributed by atoms with Gasteiger partial charge in [-0.1, -0.05) is 18.2 Å². The van der Waals surface area contributed by atoms with Crippen molar-refractivity contribution in [2.24, 2.45) is 5.92 Å². The van der Waals surface area contributed by atoms with Crippen molar-refractivity contribution in [3.63, 3.8) is 0 Å². The Morgan fingerprint density at radius 3 is 2.77 bits per heavy atom. The Balaban J connectivity index is 1.28. The number of para-hydroxylation sites is 1. The zero-order valence-corrected chi connectivity index (χ0v) is 14.1. The fraction of sp³-hybridized carbons (Fsp3) is 0.278. The largest absolute Gasteiger partial charge is 0.355 e. The number of rotatable bonds is 3. The van der Waals surface area contributed by atoms with E-state index in [2.05, 4.69) is 31.0 Å². The Labute approximate surface area is 150 Å². The standard InChI is InChI=1S/C18H17N7O/c26-18(24-6-5-13-3-1-2-4-15(13)24)14-8-23(9-14)16-7-17(21-11-20-16)25-12-19-10-22-25/h1-4,7,10-12,14H,5-6,8-9H2. The summed E-state index contributed by atoms with van der Waals surface area (Å²) < 4.78 is 1.59. The number of hydrogen-bond donors (Lipinski definition) is 0. The third-order valence-electron chi connectivity index (χ3n) is 5.00. The van der Waals surface area contributed by atoms with Crippen LogP contribution in [0.15, 0.2) is 49.3 Å². The van der Waals surface area contributed by atoms with Crippen molar-refractivity contribution in [3.05, 3.63) is 54.9 Å². The van der Waals surface area contributed by atoms with Crippen molar-refractivity contribution in [2.45, 2.75) is 6.42 Å². The van der Waals surface area contributed by atoms with Crippen LogP contribution in [0.5, 0.6) is 0 Å². The molecule has 0 radical (unpaired) electrons. The highest BCUT2D eigenvalue weighted by molar-refractivity contribution is 5.98. The summed E-state index contributed by atoms with van der Waals surface area (Å²) in [6.07, 6.45) is 5.51. The van der Waals surface area contributed by atoms with Crippen LogP contribution in [0.4, 0.5) is 11.5 Å². The molecule has 2 aliphatic heterocycles. The number of aromatic nitrogens is 5. The SMILES string of the molecule is O=C(C1CN(c2cc(-n3cncn3)ncn2)C1)N1CCc2ccccc21. The number of fused-ring (bicyclic) bond motifs is 1. The maximum Gasteiger partial charge on any atom is 0.233 e. The van der Waals surface area contributed by atoms with Gasteiger partial charge in [-0.2, -0.15) is 5.10 Å². The fourth-order valence-electron chi connectivity index (χ4n) is 3.57. The van der Waals surface area contributed by atoms with Gasteiger partial charge in [0, 0.05) is 31.4 Å². The lowest BCUT2D eigenvalue weighted by Gasteiger charge is -2.40. The Hall–Kier alpha value is -3.29. The van der Waals surface area contributed by atoms with E-state index in [1.807, 2.05) is 29.2 Å². The van der Waals surface area contributed by atoms with Crippen LogP contribution < -0.4 is 9.80 Å². The minimum atomic E-state index is 0.00550. The van der Waals surface area contributed by atoms with E-state index < -0.39 is 0 Å². The van der Waals surface area contributed by atoms with E-state index in [0.29, 0.717) is 18.9 Å². The van der Waals surface area contributed by atoms with Crippen molar-refractivity contribution in [2.75, 3.05) is 29.4 Å². The smallest absolute Gasteiger partial charge is 0.233 e. The van der Waals surface area contributed by atoms with Crippen LogP contribution in [-0.2, 0) is 11.2 Å². The van der Waals surface area contributed by atoms with Crippen LogP contribution in [0.3, 0.4) is 0 Å². The van der Waals surface area contributed by atoms with Crippen molar-refractivity contribution in [1.29, 1.82) is 0 Å². The maximum atomic E-state index is 12.9. The lowest BCUT2D eigenvalue weighted by molar-refractivity contribution is -0.123. The Morgan fingerprint density at radius 1 is 1.08 bits per heavy atom. The number of anilines is 2. The summed E-state index contributed by atoms with van der Waals surface area (Å²) in [7, 11) is 0. The van der Waals surface area contributed by atoms with Gasteiger partial charge in [0.1, 0.15) is 24.8 Å². The monoisotopic (exact) mass is 347 g/mol. The molecule has 4 heterocycles. The molecule has 26 heavy (non-hydrogen) atoms. The molecule has 3 aromatic rings. The van der Waals surface area contributed by atoms with Gasteiger partial charge in [-0.3, -0.25) is 4.79 Å². The van der Waals surface area contributed by atoms with E-state index in [0.717, 1.165) is 24.5 Å². The highest BCUT2D eigenvalue weighted by Crippen LogP contribution is 2.31. The summed E-state index contributed by atoms with van der Waals surface area (Å²) in [5.41, 5.74) is 2.32. The van der Waals surface area contributed by atoms with Crippen LogP contribution >= 0.6 is 0 Å². The predicted octanol–water partition coefficient (Wildman–Crippen LogP) is 1.08. The predicted molar refractivity (Wildman–Crippen MR) is 95.2 cm³/mol. The van der Waals surface area contributed by atoms with E-state index in [1.165, 1.54) is 18.2 Å². The second-order valence-electron chi connectivity index (χ2n) is 6.54. The number of carbonyl (C=O) groups excluding carboxylic acids is 1. The minimum Gasteiger partial charge on any atom is -0.355 e. The summed E-state index contributed by atoms with van der Waals surface area (Å²) in [5, 5.41) is 4.08. The lowest BCUT2D eigenvalue weighted by atomic mass is 9.98. The molecule has 0 aliphatic carbocycles. The number of amides is 1. The maximum absolute atomic E-state index is 12.9. The molecule has 0 spiro atoms. The molecule has 1 fully saturated rings. The molecule has 1 aromatic carbocycles. The normalized spacial score (nSPS) is 16.5. The summed E-state index contributed by atoms with van der Waals surface area (Å²) in [6, 6.07) is 10.0. The second-order valence-corrected chi connectivity index (χ2v) is 6.54. The Morgan fingerprint density at radius 2 is 1.92 bits per heavy atom. The quantitative estimate of drug-likeness (QED) is 0.705. The first kappa shape index (κ1) is 15.0. The van der Waals surface area contributed by atoms with Crippen LogP contribution in [0.1, 0.15) is 5.56 Å². The van der Waals surface area contributed by atoms with Gasteiger partial charge in [0.25, 0.3) is 0 Å². The van der Waals surface area contributed by atoms with Gasteiger partial charge in [0.05, 0.1) is 5.92 Å². The van der Waals surface area contributed by atoms with Crippen molar-refractivity contribution >= 4 is 17.4 Å². The van der Waals surface area contributed by atoms with E-state index in [-0.39, 0.29) is 11.8 Å². The molecule has 2 aromatic heterocycles. The molecular weight excluding hydrogens is 330 g/mol. The van der Waals surface area contributed by atoms with E-state index >= 15 is 0 Å².